The molecule has 2 fully saturated rings. The number of urea groups is 1. The molecule has 2 aliphatic rings. The Labute approximate surface area is 101 Å². The summed E-state index contributed by atoms with van der Waals surface area (Å²) < 4.78 is 4.68. The standard InChI is InChI=1S/C12H20N2O3/c1-17-11(15)8-10-4-2-3-7-14(10)12(16)13-9-5-6-9/h9-10H,2-8H2,1H3,(H,13,16). The predicted octanol–water partition coefficient (Wildman–Crippen LogP) is 1.28. The molecule has 1 N–H and O–H groups in total. The van der Waals surface area contributed by atoms with E-state index in [4.69, 9.17) is 0 Å². The van der Waals surface area contributed by atoms with Crippen molar-refractivity contribution in [1.82, 2.24) is 10.2 Å². The lowest BCUT2D eigenvalue weighted by Crippen LogP contribution is -2.50. The van der Waals surface area contributed by atoms with Crippen molar-refractivity contribution in [1.29, 1.82) is 0 Å². The Morgan fingerprint density at radius 1 is 1.29 bits per heavy atom. The molecule has 5 heteroatoms. The highest BCUT2D eigenvalue weighted by molar-refractivity contribution is 5.77. The lowest BCUT2D eigenvalue weighted by Gasteiger charge is -2.35. The zero-order valence-corrected chi connectivity index (χ0v) is 10.3. The fourth-order valence-corrected chi connectivity index (χ4v) is 2.24. The third kappa shape index (κ3) is 3.35. The van der Waals surface area contributed by atoms with Gasteiger partial charge in [-0.25, -0.2) is 4.79 Å². The Kier molecular flexibility index (Phi) is 3.86. The van der Waals surface area contributed by atoms with Crippen LogP contribution in [0.3, 0.4) is 0 Å². The van der Waals surface area contributed by atoms with E-state index in [0.29, 0.717) is 12.5 Å². The molecular weight excluding hydrogens is 220 g/mol. The summed E-state index contributed by atoms with van der Waals surface area (Å²) >= 11 is 0. The number of esters is 1. The van der Waals surface area contributed by atoms with E-state index in [2.05, 4.69) is 10.1 Å². The van der Waals surface area contributed by atoms with E-state index < -0.39 is 0 Å². The minimum absolute atomic E-state index is 0.00921. The van der Waals surface area contributed by atoms with Gasteiger partial charge in [0.1, 0.15) is 0 Å². The second kappa shape index (κ2) is 5.38. The minimum atomic E-state index is -0.235. The number of carbonyl (C=O) groups excluding carboxylic acids is 2. The Balaban J connectivity index is 1.90. The first kappa shape index (κ1) is 12.2. The topological polar surface area (TPSA) is 58.6 Å². The molecule has 1 aliphatic carbocycles. The monoisotopic (exact) mass is 240 g/mol. The fourth-order valence-electron chi connectivity index (χ4n) is 2.24. The third-order valence-electron chi connectivity index (χ3n) is 3.42. The van der Waals surface area contributed by atoms with Crippen LogP contribution in [0.4, 0.5) is 4.79 Å². The van der Waals surface area contributed by atoms with Gasteiger partial charge in [0, 0.05) is 18.6 Å². The van der Waals surface area contributed by atoms with Crippen LogP contribution in [0, 0.1) is 0 Å². The number of hydrogen-bond acceptors (Lipinski definition) is 3. The molecule has 0 radical (unpaired) electrons. The normalized spacial score (nSPS) is 24.3. The molecule has 17 heavy (non-hydrogen) atoms. The molecule has 0 bridgehead atoms. The second-order valence-electron chi connectivity index (χ2n) is 4.85. The van der Waals surface area contributed by atoms with E-state index in [0.717, 1.165) is 38.6 Å². The van der Waals surface area contributed by atoms with E-state index in [9.17, 15) is 9.59 Å². The lowest BCUT2D eigenvalue weighted by atomic mass is 10.00. The first-order valence-electron chi connectivity index (χ1n) is 6.34. The SMILES string of the molecule is COC(=O)CC1CCCCN1C(=O)NC1CC1. The van der Waals surface area contributed by atoms with Crippen LogP contribution in [-0.2, 0) is 9.53 Å². The number of ether oxygens (including phenoxy) is 1. The zero-order valence-electron chi connectivity index (χ0n) is 10.3. The van der Waals surface area contributed by atoms with Gasteiger partial charge in [0.15, 0.2) is 0 Å². The number of likely N-dealkylation sites (tertiary alicyclic amines) is 1. The Morgan fingerprint density at radius 3 is 2.71 bits per heavy atom. The van der Waals surface area contributed by atoms with E-state index >= 15 is 0 Å². The Bertz CT molecular complexity index is 302. The largest absolute Gasteiger partial charge is 0.469 e. The van der Waals surface area contributed by atoms with Gasteiger partial charge in [0.05, 0.1) is 13.5 Å². The van der Waals surface area contributed by atoms with Crippen LogP contribution in [-0.4, -0.2) is 42.6 Å². The molecule has 2 amide bonds. The maximum absolute atomic E-state index is 12.0. The molecule has 0 aromatic heterocycles. The van der Waals surface area contributed by atoms with E-state index in [1.807, 2.05) is 0 Å². The van der Waals surface area contributed by atoms with Crippen molar-refractivity contribution >= 4 is 12.0 Å². The van der Waals surface area contributed by atoms with Crippen molar-refractivity contribution < 1.29 is 14.3 Å². The lowest BCUT2D eigenvalue weighted by molar-refractivity contribution is -0.142. The van der Waals surface area contributed by atoms with Gasteiger partial charge in [0.25, 0.3) is 0 Å². The highest BCUT2D eigenvalue weighted by atomic mass is 16.5. The van der Waals surface area contributed by atoms with Gasteiger partial charge in [-0.15, -0.1) is 0 Å². The number of piperidine rings is 1. The molecule has 1 atom stereocenters. The van der Waals surface area contributed by atoms with Crippen LogP contribution in [0.25, 0.3) is 0 Å². The van der Waals surface area contributed by atoms with Crippen LogP contribution in [0.2, 0.25) is 0 Å². The quantitative estimate of drug-likeness (QED) is 0.756. The summed E-state index contributed by atoms with van der Waals surface area (Å²) in [4.78, 5) is 25.1. The number of methoxy groups -OCH3 is 1. The van der Waals surface area contributed by atoms with Crippen LogP contribution in [0.1, 0.15) is 38.5 Å². The molecule has 1 saturated carbocycles. The van der Waals surface area contributed by atoms with Gasteiger partial charge < -0.3 is 15.0 Å². The van der Waals surface area contributed by atoms with Crippen LogP contribution >= 0.6 is 0 Å². The highest BCUT2D eigenvalue weighted by Gasteiger charge is 2.32. The molecule has 0 aromatic carbocycles. The summed E-state index contributed by atoms with van der Waals surface area (Å²) in [6.45, 7) is 0.750. The van der Waals surface area contributed by atoms with Gasteiger partial charge >= 0.3 is 12.0 Å². The predicted molar refractivity (Wildman–Crippen MR) is 62.5 cm³/mol. The maximum Gasteiger partial charge on any atom is 0.317 e. The van der Waals surface area contributed by atoms with Crippen LogP contribution in [0.5, 0.6) is 0 Å². The molecule has 1 unspecified atom stereocenters. The number of carbonyl (C=O) groups is 2. The van der Waals surface area contributed by atoms with Gasteiger partial charge in [-0.05, 0) is 32.1 Å². The first-order valence-corrected chi connectivity index (χ1v) is 6.34. The summed E-state index contributed by atoms with van der Waals surface area (Å²) in [6, 6.07) is 0.360. The van der Waals surface area contributed by atoms with E-state index in [1.54, 1.807) is 4.90 Å². The molecular formula is C12H20N2O3. The number of rotatable bonds is 3. The second-order valence-corrected chi connectivity index (χ2v) is 4.85. The molecule has 1 saturated heterocycles. The van der Waals surface area contributed by atoms with E-state index in [-0.39, 0.29) is 18.0 Å². The molecule has 5 nitrogen and oxygen atoms in total. The molecule has 1 heterocycles. The average molecular weight is 240 g/mol. The van der Waals surface area contributed by atoms with Crippen molar-refractivity contribution in [3.63, 3.8) is 0 Å². The summed E-state index contributed by atoms with van der Waals surface area (Å²) in [7, 11) is 1.39. The van der Waals surface area contributed by atoms with Crippen molar-refractivity contribution in [3.8, 4) is 0 Å². The number of hydrogen-bond donors (Lipinski definition) is 1. The van der Waals surface area contributed by atoms with E-state index in [1.165, 1.54) is 7.11 Å². The van der Waals surface area contributed by atoms with Gasteiger partial charge in [0.2, 0.25) is 0 Å². The van der Waals surface area contributed by atoms with Crippen molar-refractivity contribution in [2.24, 2.45) is 0 Å². The van der Waals surface area contributed by atoms with Crippen molar-refractivity contribution in [2.45, 2.75) is 50.6 Å². The molecule has 0 spiro atoms. The fraction of sp³-hybridized carbons (Fsp3) is 0.833. The summed E-state index contributed by atoms with van der Waals surface area (Å²) in [5.41, 5.74) is 0. The zero-order chi connectivity index (χ0) is 12.3. The van der Waals surface area contributed by atoms with Crippen LogP contribution in [0.15, 0.2) is 0 Å². The van der Waals surface area contributed by atoms with Crippen molar-refractivity contribution in [2.75, 3.05) is 13.7 Å². The Hall–Kier alpha value is -1.26. The van der Waals surface area contributed by atoms with Crippen molar-refractivity contribution in [3.05, 3.63) is 0 Å². The number of nitrogens with one attached hydrogen (secondary N) is 1. The number of nitrogens with zero attached hydrogens (tertiary/aromatic N) is 1. The first-order chi connectivity index (χ1) is 8.20. The number of amides is 2. The minimum Gasteiger partial charge on any atom is -0.469 e. The summed E-state index contributed by atoms with van der Waals surface area (Å²) in [5, 5.41) is 2.98. The third-order valence-corrected chi connectivity index (χ3v) is 3.42. The maximum atomic E-state index is 12.0. The summed E-state index contributed by atoms with van der Waals surface area (Å²) in [5.74, 6) is -0.235. The van der Waals surface area contributed by atoms with Gasteiger partial charge in [-0.1, -0.05) is 0 Å². The highest BCUT2D eigenvalue weighted by Crippen LogP contribution is 2.23. The molecule has 0 aromatic rings. The van der Waals surface area contributed by atoms with Crippen LogP contribution < -0.4 is 5.32 Å². The molecule has 2 rings (SSSR count). The molecule has 96 valence electrons. The summed E-state index contributed by atoms with van der Waals surface area (Å²) in [6.07, 6.45) is 5.48. The Morgan fingerprint density at radius 2 is 2.06 bits per heavy atom. The van der Waals surface area contributed by atoms with Gasteiger partial charge in [-0.3, -0.25) is 4.79 Å². The molecule has 1 aliphatic heterocycles. The smallest absolute Gasteiger partial charge is 0.317 e. The average Bonchev–Trinajstić information content (AvgIpc) is 3.13. The van der Waals surface area contributed by atoms with Gasteiger partial charge in [-0.2, -0.15) is 0 Å².